The maximum Gasteiger partial charge on any atom is -0.00664 e. The van der Waals surface area contributed by atoms with Crippen LogP contribution in [0.1, 0.15) is 48.4 Å². The minimum atomic E-state index is 0.537. The van der Waals surface area contributed by atoms with Gasteiger partial charge in [0.25, 0.3) is 0 Å². The Labute approximate surface area is 86.3 Å². The van der Waals surface area contributed by atoms with E-state index in [1.54, 1.807) is 16.7 Å². The van der Waals surface area contributed by atoms with Crippen molar-refractivity contribution in [2.24, 2.45) is 0 Å². The third-order valence-corrected chi connectivity index (χ3v) is 4.34. The summed E-state index contributed by atoms with van der Waals surface area (Å²) in [6.45, 7) is 4.75. The van der Waals surface area contributed by atoms with Gasteiger partial charge in [0.2, 0.25) is 0 Å². The minimum absolute atomic E-state index is 0.537. The van der Waals surface area contributed by atoms with E-state index >= 15 is 0 Å². The Bertz CT molecular complexity index is 389. The maximum absolute atomic E-state index is 2.47. The van der Waals surface area contributed by atoms with E-state index in [1.165, 1.54) is 37.7 Å². The SMILES string of the molecule is Cc1ccc2c3c1CCC3(C)CCC2. The first-order chi connectivity index (χ1) is 6.71. The molecule has 0 radical (unpaired) electrons. The van der Waals surface area contributed by atoms with Gasteiger partial charge in [0.1, 0.15) is 0 Å². The van der Waals surface area contributed by atoms with E-state index in [9.17, 15) is 0 Å². The summed E-state index contributed by atoms with van der Waals surface area (Å²) in [5.74, 6) is 0. The quantitative estimate of drug-likeness (QED) is 0.581. The molecular formula is C14H18. The molecule has 0 nitrogen and oxygen atoms in total. The van der Waals surface area contributed by atoms with Crippen LogP contribution in [0.4, 0.5) is 0 Å². The van der Waals surface area contributed by atoms with Crippen molar-refractivity contribution in [3.05, 3.63) is 34.4 Å². The fourth-order valence-corrected chi connectivity index (χ4v) is 3.53. The highest BCUT2D eigenvalue weighted by Gasteiger charge is 2.38. The first-order valence-electron chi connectivity index (χ1n) is 5.82. The molecule has 0 aromatic heterocycles. The minimum Gasteiger partial charge on any atom is -0.0588 e. The zero-order chi connectivity index (χ0) is 9.76. The number of hydrogen-bond donors (Lipinski definition) is 0. The van der Waals surface area contributed by atoms with E-state index in [0.29, 0.717) is 5.41 Å². The fourth-order valence-electron chi connectivity index (χ4n) is 3.53. The van der Waals surface area contributed by atoms with E-state index in [0.717, 1.165) is 0 Å². The van der Waals surface area contributed by atoms with Gasteiger partial charge in [0.15, 0.2) is 0 Å². The van der Waals surface area contributed by atoms with Crippen molar-refractivity contribution in [1.82, 2.24) is 0 Å². The first kappa shape index (κ1) is 8.52. The third kappa shape index (κ3) is 0.945. The van der Waals surface area contributed by atoms with Gasteiger partial charge in [-0.05, 0) is 66.7 Å². The molecule has 0 saturated heterocycles. The Morgan fingerprint density at radius 3 is 2.86 bits per heavy atom. The molecule has 0 heterocycles. The Kier molecular flexibility index (Phi) is 1.60. The molecule has 74 valence electrons. The predicted molar refractivity (Wildman–Crippen MR) is 59.8 cm³/mol. The lowest BCUT2D eigenvalue weighted by molar-refractivity contribution is 0.395. The van der Waals surface area contributed by atoms with Crippen LogP contribution >= 0.6 is 0 Å². The Balaban J connectivity index is 2.30. The van der Waals surface area contributed by atoms with Crippen LogP contribution < -0.4 is 0 Å². The normalized spacial score (nSPS) is 29.0. The zero-order valence-electron chi connectivity index (χ0n) is 9.19. The lowest BCUT2D eigenvalue weighted by Gasteiger charge is -2.32. The average molecular weight is 186 g/mol. The highest BCUT2D eigenvalue weighted by Crippen LogP contribution is 2.48. The Morgan fingerprint density at radius 2 is 2.00 bits per heavy atom. The lowest BCUT2D eigenvalue weighted by Crippen LogP contribution is -2.24. The van der Waals surface area contributed by atoms with Crippen molar-refractivity contribution < 1.29 is 0 Å². The Morgan fingerprint density at radius 1 is 1.14 bits per heavy atom. The van der Waals surface area contributed by atoms with E-state index < -0.39 is 0 Å². The van der Waals surface area contributed by atoms with Crippen LogP contribution in [0.3, 0.4) is 0 Å². The number of aryl methyl sites for hydroxylation is 2. The second kappa shape index (κ2) is 2.62. The summed E-state index contributed by atoms with van der Waals surface area (Å²) in [5.41, 5.74) is 7.13. The largest absolute Gasteiger partial charge is 0.0588 e. The van der Waals surface area contributed by atoms with Gasteiger partial charge in [-0.25, -0.2) is 0 Å². The molecule has 0 fully saturated rings. The predicted octanol–water partition coefficient (Wildman–Crippen LogP) is 3.54. The van der Waals surface area contributed by atoms with Gasteiger partial charge < -0.3 is 0 Å². The van der Waals surface area contributed by atoms with Crippen LogP contribution in [-0.4, -0.2) is 0 Å². The third-order valence-electron chi connectivity index (χ3n) is 4.34. The van der Waals surface area contributed by atoms with Gasteiger partial charge in [0.05, 0.1) is 0 Å². The number of benzene rings is 1. The molecule has 0 N–H and O–H groups in total. The van der Waals surface area contributed by atoms with Crippen molar-refractivity contribution in [3.63, 3.8) is 0 Å². The monoisotopic (exact) mass is 186 g/mol. The fraction of sp³-hybridized carbons (Fsp3) is 0.571. The molecule has 1 atom stereocenters. The van der Waals surface area contributed by atoms with Crippen molar-refractivity contribution in [2.75, 3.05) is 0 Å². The average Bonchev–Trinajstić information content (AvgIpc) is 2.52. The van der Waals surface area contributed by atoms with E-state index in [-0.39, 0.29) is 0 Å². The van der Waals surface area contributed by atoms with Gasteiger partial charge in [-0.3, -0.25) is 0 Å². The van der Waals surface area contributed by atoms with E-state index in [4.69, 9.17) is 0 Å². The summed E-state index contributed by atoms with van der Waals surface area (Å²) in [5, 5.41) is 0. The summed E-state index contributed by atoms with van der Waals surface area (Å²) in [6, 6.07) is 4.70. The van der Waals surface area contributed by atoms with Crippen LogP contribution in [0, 0.1) is 6.92 Å². The molecule has 2 aliphatic carbocycles. The van der Waals surface area contributed by atoms with Gasteiger partial charge in [-0.15, -0.1) is 0 Å². The van der Waals surface area contributed by atoms with Crippen molar-refractivity contribution >= 4 is 0 Å². The molecular weight excluding hydrogens is 168 g/mol. The van der Waals surface area contributed by atoms with Gasteiger partial charge >= 0.3 is 0 Å². The summed E-state index contributed by atoms with van der Waals surface area (Å²) < 4.78 is 0. The van der Waals surface area contributed by atoms with Crippen molar-refractivity contribution in [2.45, 2.75) is 51.4 Å². The molecule has 0 aliphatic heterocycles. The van der Waals surface area contributed by atoms with Crippen LogP contribution in [0.2, 0.25) is 0 Å². The van der Waals surface area contributed by atoms with Gasteiger partial charge in [0, 0.05) is 0 Å². The van der Waals surface area contributed by atoms with Crippen molar-refractivity contribution in [3.8, 4) is 0 Å². The van der Waals surface area contributed by atoms with E-state index in [1.807, 2.05) is 0 Å². The molecule has 0 saturated carbocycles. The van der Waals surface area contributed by atoms with Crippen LogP contribution in [0.25, 0.3) is 0 Å². The summed E-state index contributed by atoms with van der Waals surface area (Å²) >= 11 is 0. The lowest BCUT2D eigenvalue weighted by atomic mass is 9.72. The maximum atomic E-state index is 2.47. The first-order valence-corrected chi connectivity index (χ1v) is 5.82. The second-order valence-corrected chi connectivity index (χ2v) is 5.31. The molecule has 14 heavy (non-hydrogen) atoms. The zero-order valence-corrected chi connectivity index (χ0v) is 9.19. The van der Waals surface area contributed by atoms with Crippen LogP contribution in [0.5, 0.6) is 0 Å². The van der Waals surface area contributed by atoms with E-state index in [2.05, 4.69) is 26.0 Å². The Hall–Kier alpha value is -0.780. The molecule has 3 rings (SSSR count). The molecule has 1 aromatic rings. The summed E-state index contributed by atoms with van der Waals surface area (Å²) in [4.78, 5) is 0. The highest BCUT2D eigenvalue weighted by atomic mass is 14.4. The topological polar surface area (TPSA) is 0 Å². The number of hydrogen-bond acceptors (Lipinski definition) is 0. The second-order valence-electron chi connectivity index (χ2n) is 5.31. The molecule has 0 spiro atoms. The number of rotatable bonds is 0. The van der Waals surface area contributed by atoms with Gasteiger partial charge in [-0.2, -0.15) is 0 Å². The molecule has 1 aromatic carbocycles. The highest BCUT2D eigenvalue weighted by molar-refractivity contribution is 5.50. The summed E-state index contributed by atoms with van der Waals surface area (Å²) in [7, 11) is 0. The molecule has 1 unspecified atom stereocenters. The van der Waals surface area contributed by atoms with Crippen LogP contribution in [-0.2, 0) is 18.3 Å². The molecule has 0 amide bonds. The standard InChI is InChI=1S/C14H18/c1-10-5-6-11-4-3-8-14(2)9-7-12(10)13(11)14/h5-6H,3-4,7-9H2,1-2H3. The molecule has 0 heteroatoms. The van der Waals surface area contributed by atoms with Crippen molar-refractivity contribution in [1.29, 1.82) is 0 Å². The van der Waals surface area contributed by atoms with Gasteiger partial charge in [-0.1, -0.05) is 19.1 Å². The molecule has 2 aliphatic rings. The summed E-state index contributed by atoms with van der Waals surface area (Å²) in [6.07, 6.45) is 6.84. The smallest absolute Gasteiger partial charge is 0.00664 e. The van der Waals surface area contributed by atoms with Crippen LogP contribution in [0.15, 0.2) is 12.1 Å². The molecule has 0 bridgehead atoms.